The number of nitrogens with one attached hydrogen (secondary N) is 1. The van der Waals surface area contributed by atoms with Crippen molar-refractivity contribution in [3.8, 4) is 0 Å². The van der Waals surface area contributed by atoms with Gasteiger partial charge in [0.05, 0.1) is 18.0 Å². The highest BCUT2D eigenvalue weighted by Crippen LogP contribution is 2.32. The van der Waals surface area contributed by atoms with Gasteiger partial charge in [-0.2, -0.15) is 9.61 Å². The van der Waals surface area contributed by atoms with E-state index in [9.17, 15) is 9.50 Å². The fourth-order valence-electron chi connectivity index (χ4n) is 5.38. The molecule has 1 unspecified atom stereocenters. The minimum atomic E-state index is -0.640. The molecule has 0 radical (unpaired) electrons. The maximum Gasteiger partial charge on any atom is 0.161 e. The molecule has 0 spiro atoms. The second-order valence-corrected chi connectivity index (χ2v) is 10.8. The first-order chi connectivity index (χ1) is 17.5. The molecule has 2 heterocycles. The predicted octanol–water partition coefficient (Wildman–Crippen LogP) is 6.35. The van der Waals surface area contributed by atoms with Gasteiger partial charge >= 0.3 is 0 Å². The minimum Gasteiger partial charge on any atom is -0.387 e. The molecule has 1 saturated carbocycles. The predicted molar refractivity (Wildman–Crippen MR) is 143 cm³/mol. The maximum absolute atomic E-state index is 14.2. The van der Waals surface area contributed by atoms with Crippen LogP contribution in [0.2, 0.25) is 0 Å². The highest BCUT2D eigenvalue weighted by molar-refractivity contribution is 5.55. The highest BCUT2D eigenvalue weighted by Gasteiger charge is 2.20. The third kappa shape index (κ3) is 6.62. The minimum absolute atomic E-state index is 0.244. The number of nitrogens with two attached hydrogens (primary N) is 1. The summed E-state index contributed by atoms with van der Waals surface area (Å²) in [5.41, 5.74) is 8.81. The molecule has 4 rings (SSSR count). The number of fused-ring (bicyclic) bond motifs is 1. The third-order valence-corrected chi connectivity index (χ3v) is 7.79. The average Bonchev–Trinajstić information content (AvgIpc) is 3.33. The number of hydrogen-bond donors (Lipinski definition) is 3. The molecule has 0 aliphatic heterocycles. The zero-order chi connectivity index (χ0) is 25.5. The Morgan fingerprint density at radius 2 is 1.86 bits per heavy atom. The van der Waals surface area contributed by atoms with Crippen LogP contribution in [0.1, 0.15) is 100 Å². The zero-order valence-corrected chi connectivity index (χ0v) is 21.8. The van der Waals surface area contributed by atoms with Crippen LogP contribution in [-0.2, 0) is 6.54 Å². The van der Waals surface area contributed by atoms with Crippen molar-refractivity contribution < 1.29 is 9.50 Å². The van der Waals surface area contributed by atoms with E-state index >= 15 is 0 Å². The van der Waals surface area contributed by atoms with Crippen LogP contribution in [0.4, 0.5) is 10.2 Å². The summed E-state index contributed by atoms with van der Waals surface area (Å²) in [4.78, 5) is 4.80. The molecule has 0 bridgehead atoms. The van der Waals surface area contributed by atoms with Gasteiger partial charge < -0.3 is 16.2 Å². The molecule has 1 aromatic carbocycles. The molecule has 0 amide bonds. The van der Waals surface area contributed by atoms with E-state index < -0.39 is 6.10 Å². The van der Waals surface area contributed by atoms with Gasteiger partial charge in [-0.15, -0.1) is 0 Å². The van der Waals surface area contributed by atoms with E-state index in [0.717, 1.165) is 42.4 Å². The topological polar surface area (TPSA) is 88.5 Å². The van der Waals surface area contributed by atoms with Gasteiger partial charge in [-0.25, -0.2) is 9.37 Å². The molecule has 3 aromatic rings. The Labute approximate surface area is 214 Å². The molecule has 7 heteroatoms. The van der Waals surface area contributed by atoms with Crippen molar-refractivity contribution in [2.45, 2.75) is 90.2 Å². The van der Waals surface area contributed by atoms with Crippen molar-refractivity contribution in [1.82, 2.24) is 14.6 Å². The fraction of sp³-hybridized carbons (Fsp3) is 0.586. The highest BCUT2D eigenvalue weighted by atomic mass is 19.1. The first-order valence-electron chi connectivity index (χ1n) is 13.7. The average molecular weight is 496 g/mol. The zero-order valence-electron chi connectivity index (χ0n) is 21.8. The summed E-state index contributed by atoms with van der Waals surface area (Å²) in [6, 6.07) is 8.60. The Hall–Kier alpha value is -2.51. The summed E-state index contributed by atoms with van der Waals surface area (Å²) in [6.45, 7) is 5.38. The lowest BCUT2D eigenvalue weighted by molar-refractivity contribution is 0.158. The Morgan fingerprint density at radius 3 is 2.58 bits per heavy atom. The summed E-state index contributed by atoms with van der Waals surface area (Å²) in [7, 11) is 0. The largest absolute Gasteiger partial charge is 0.387 e. The van der Waals surface area contributed by atoms with Crippen molar-refractivity contribution in [1.29, 1.82) is 0 Å². The number of nitrogens with zero attached hydrogens (tertiary/aromatic N) is 3. The molecule has 196 valence electrons. The Bertz CT molecular complexity index is 1110. The number of aliphatic hydroxyl groups is 1. The maximum atomic E-state index is 14.2. The van der Waals surface area contributed by atoms with E-state index in [4.69, 9.17) is 10.7 Å². The van der Waals surface area contributed by atoms with Crippen LogP contribution >= 0.6 is 0 Å². The lowest BCUT2D eigenvalue weighted by atomic mass is 9.80. The van der Waals surface area contributed by atoms with Crippen LogP contribution in [0.15, 0.2) is 36.5 Å². The summed E-state index contributed by atoms with van der Waals surface area (Å²) in [5, 5.41) is 18.9. The number of unbranched alkanes of at least 4 members (excludes halogenated alkanes) is 2. The number of rotatable bonds is 12. The Balaban J connectivity index is 1.37. The molecule has 4 N–H and O–H groups in total. The summed E-state index contributed by atoms with van der Waals surface area (Å²) in [6.07, 6.45) is 11.7. The fourth-order valence-corrected chi connectivity index (χ4v) is 5.38. The quantitative estimate of drug-likeness (QED) is 0.255. The van der Waals surface area contributed by atoms with Gasteiger partial charge in [0.1, 0.15) is 11.6 Å². The van der Waals surface area contributed by atoms with E-state index in [0.29, 0.717) is 30.0 Å². The van der Waals surface area contributed by atoms with Gasteiger partial charge in [-0.1, -0.05) is 70.6 Å². The van der Waals surface area contributed by atoms with Crippen LogP contribution in [-0.4, -0.2) is 26.2 Å². The van der Waals surface area contributed by atoms with Crippen molar-refractivity contribution in [2.24, 2.45) is 17.6 Å². The molecule has 2 aromatic heterocycles. The molecule has 36 heavy (non-hydrogen) atoms. The number of halogens is 1. The lowest BCUT2D eigenvalue weighted by Crippen LogP contribution is -2.21. The first-order valence-corrected chi connectivity index (χ1v) is 13.7. The van der Waals surface area contributed by atoms with Crippen LogP contribution in [0.3, 0.4) is 0 Å². The van der Waals surface area contributed by atoms with Crippen molar-refractivity contribution in [3.05, 3.63) is 59.2 Å². The number of benzene rings is 1. The monoisotopic (exact) mass is 495 g/mol. The van der Waals surface area contributed by atoms with Crippen LogP contribution in [0.25, 0.3) is 5.65 Å². The summed E-state index contributed by atoms with van der Waals surface area (Å²) < 4.78 is 15.9. The van der Waals surface area contributed by atoms with Crippen LogP contribution < -0.4 is 11.1 Å². The van der Waals surface area contributed by atoms with Gasteiger partial charge in [0.2, 0.25) is 0 Å². The van der Waals surface area contributed by atoms with E-state index in [2.05, 4.69) is 24.3 Å². The molecule has 6 nitrogen and oxygen atoms in total. The Kier molecular flexibility index (Phi) is 9.32. The molecule has 1 aliphatic carbocycles. The second kappa shape index (κ2) is 12.6. The SMILES string of the molecule is CC(C)c1cnn2c(NCc3ccccc3F)cc(C(O)CCCCCC3CCC(CN)CC3)nc12. The molecular weight excluding hydrogens is 453 g/mol. The van der Waals surface area contributed by atoms with Crippen molar-refractivity contribution >= 4 is 11.5 Å². The number of aromatic nitrogens is 3. The normalized spacial score (nSPS) is 19.2. The summed E-state index contributed by atoms with van der Waals surface area (Å²) in [5.74, 6) is 2.30. The van der Waals surface area contributed by atoms with E-state index in [1.165, 1.54) is 44.6 Å². The first kappa shape index (κ1) is 26.6. The van der Waals surface area contributed by atoms with E-state index in [1.807, 2.05) is 18.3 Å². The smallest absolute Gasteiger partial charge is 0.161 e. The van der Waals surface area contributed by atoms with E-state index in [-0.39, 0.29) is 11.7 Å². The third-order valence-electron chi connectivity index (χ3n) is 7.79. The van der Waals surface area contributed by atoms with Crippen molar-refractivity contribution in [2.75, 3.05) is 11.9 Å². The van der Waals surface area contributed by atoms with Gasteiger partial charge in [0.15, 0.2) is 5.65 Å². The molecular formula is C29H42FN5O. The van der Waals surface area contributed by atoms with Crippen molar-refractivity contribution in [3.63, 3.8) is 0 Å². The Morgan fingerprint density at radius 1 is 1.11 bits per heavy atom. The van der Waals surface area contributed by atoms with Gasteiger partial charge in [-0.3, -0.25) is 0 Å². The van der Waals surface area contributed by atoms with Gasteiger partial charge in [0, 0.05) is 23.7 Å². The number of hydrogen-bond acceptors (Lipinski definition) is 5. The standard InChI is InChI=1S/C29H42FN5O/c1-20(2)24-19-33-35-28(32-18-23-9-6-7-10-25(23)30)16-26(34-29(24)35)27(36)11-5-3-4-8-21-12-14-22(17-31)15-13-21/h6-7,9-10,16,19-22,27,32,36H,3-5,8,11-15,17-18,31H2,1-2H3. The number of anilines is 1. The van der Waals surface area contributed by atoms with Crippen LogP contribution in [0.5, 0.6) is 0 Å². The lowest BCUT2D eigenvalue weighted by Gasteiger charge is -2.27. The number of aliphatic hydroxyl groups excluding tert-OH is 1. The molecule has 1 atom stereocenters. The van der Waals surface area contributed by atoms with Gasteiger partial charge in [-0.05, 0) is 49.6 Å². The van der Waals surface area contributed by atoms with E-state index in [1.54, 1.807) is 16.6 Å². The molecule has 0 saturated heterocycles. The second-order valence-electron chi connectivity index (χ2n) is 10.8. The van der Waals surface area contributed by atoms with Gasteiger partial charge in [0.25, 0.3) is 0 Å². The molecule has 1 fully saturated rings. The summed E-state index contributed by atoms with van der Waals surface area (Å²) >= 11 is 0. The molecule has 1 aliphatic rings. The van der Waals surface area contributed by atoms with Crippen LogP contribution in [0, 0.1) is 17.7 Å².